The van der Waals surface area contributed by atoms with E-state index in [1.54, 1.807) is 19.1 Å². The fraction of sp³-hybridized carbons (Fsp3) is 0.188. The van der Waals surface area contributed by atoms with Gasteiger partial charge >= 0.3 is 5.97 Å². The summed E-state index contributed by atoms with van der Waals surface area (Å²) >= 11 is 0. The summed E-state index contributed by atoms with van der Waals surface area (Å²) in [4.78, 5) is 11.2. The van der Waals surface area contributed by atoms with Crippen LogP contribution in [-0.2, 0) is 9.53 Å². The summed E-state index contributed by atoms with van der Waals surface area (Å²) in [6.45, 7) is 5.56. The number of phenolic OH excluding ortho intramolecular Hbond substituents is 1. The van der Waals surface area contributed by atoms with Crippen molar-refractivity contribution in [3.05, 3.63) is 48.6 Å². The van der Waals surface area contributed by atoms with Crippen LogP contribution < -0.4 is 4.74 Å². The van der Waals surface area contributed by atoms with Crippen LogP contribution in [0.4, 0.5) is 0 Å². The molecule has 104 valence electrons. The molecule has 0 bridgehead atoms. The Balaban J connectivity index is 1.92. The van der Waals surface area contributed by atoms with E-state index in [2.05, 4.69) is 6.58 Å². The highest BCUT2D eigenvalue weighted by atomic mass is 16.6. The van der Waals surface area contributed by atoms with Crippen LogP contribution in [0.25, 0.3) is 10.8 Å². The van der Waals surface area contributed by atoms with Gasteiger partial charge in [0.15, 0.2) is 0 Å². The highest BCUT2D eigenvalue weighted by molar-refractivity contribution is 5.87. The van der Waals surface area contributed by atoms with Crippen LogP contribution in [0.5, 0.6) is 11.5 Å². The standard InChI is InChI=1S/C16H16O4/c1-11(2)16(18)20-8-7-19-15-6-4-12-9-14(17)5-3-13(12)10-15/h3-6,9-10,17H,1,7-8H2,2H3. The van der Waals surface area contributed by atoms with Gasteiger partial charge in [-0.15, -0.1) is 0 Å². The van der Waals surface area contributed by atoms with E-state index in [0.717, 1.165) is 10.8 Å². The van der Waals surface area contributed by atoms with Crippen molar-refractivity contribution >= 4 is 16.7 Å². The number of ether oxygens (including phenoxy) is 2. The van der Waals surface area contributed by atoms with Gasteiger partial charge in [-0.3, -0.25) is 0 Å². The first-order valence-corrected chi connectivity index (χ1v) is 6.24. The molecule has 0 saturated heterocycles. The lowest BCUT2D eigenvalue weighted by Crippen LogP contribution is -2.12. The zero-order chi connectivity index (χ0) is 14.5. The van der Waals surface area contributed by atoms with E-state index in [-0.39, 0.29) is 19.0 Å². The third-order valence-electron chi connectivity index (χ3n) is 2.73. The van der Waals surface area contributed by atoms with Gasteiger partial charge < -0.3 is 14.6 Å². The first kappa shape index (κ1) is 13.9. The topological polar surface area (TPSA) is 55.8 Å². The van der Waals surface area contributed by atoms with Crippen LogP contribution >= 0.6 is 0 Å². The molecular formula is C16H16O4. The number of rotatable bonds is 5. The van der Waals surface area contributed by atoms with Crippen molar-refractivity contribution in [1.29, 1.82) is 0 Å². The predicted molar refractivity (Wildman–Crippen MR) is 76.9 cm³/mol. The van der Waals surface area contributed by atoms with Gasteiger partial charge in [-0.05, 0) is 42.0 Å². The summed E-state index contributed by atoms with van der Waals surface area (Å²) in [7, 11) is 0. The molecule has 0 amide bonds. The van der Waals surface area contributed by atoms with Gasteiger partial charge in [-0.1, -0.05) is 18.7 Å². The summed E-state index contributed by atoms with van der Waals surface area (Å²) in [5.74, 6) is 0.509. The lowest BCUT2D eigenvalue weighted by Gasteiger charge is -2.08. The van der Waals surface area contributed by atoms with Crippen LogP contribution in [0.1, 0.15) is 6.92 Å². The number of benzene rings is 2. The Morgan fingerprint density at radius 2 is 1.85 bits per heavy atom. The minimum absolute atomic E-state index is 0.180. The Labute approximate surface area is 117 Å². The second-order valence-corrected chi connectivity index (χ2v) is 4.46. The number of fused-ring (bicyclic) bond motifs is 1. The van der Waals surface area contributed by atoms with E-state index in [9.17, 15) is 9.90 Å². The number of phenols is 1. The fourth-order valence-electron chi connectivity index (χ4n) is 1.72. The summed E-state index contributed by atoms with van der Waals surface area (Å²) < 4.78 is 10.4. The predicted octanol–water partition coefficient (Wildman–Crippen LogP) is 3.04. The van der Waals surface area contributed by atoms with E-state index >= 15 is 0 Å². The molecule has 0 aliphatic rings. The van der Waals surface area contributed by atoms with Gasteiger partial charge in [-0.2, -0.15) is 0 Å². The molecule has 0 unspecified atom stereocenters. The highest BCUT2D eigenvalue weighted by Gasteiger charge is 2.03. The van der Waals surface area contributed by atoms with E-state index < -0.39 is 5.97 Å². The minimum Gasteiger partial charge on any atom is -0.508 e. The molecule has 0 aliphatic heterocycles. The molecular weight excluding hydrogens is 256 g/mol. The van der Waals surface area contributed by atoms with Gasteiger partial charge in [0, 0.05) is 5.57 Å². The average molecular weight is 272 g/mol. The molecule has 0 spiro atoms. The van der Waals surface area contributed by atoms with Crippen LogP contribution in [0.2, 0.25) is 0 Å². The maximum absolute atomic E-state index is 11.2. The largest absolute Gasteiger partial charge is 0.508 e. The van der Waals surface area contributed by atoms with Gasteiger partial charge in [-0.25, -0.2) is 4.79 Å². The van der Waals surface area contributed by atoms with E-state index in [4.69, 9.17) is 9.47 Å². The maximum atomic E-state index is 11.2. The minimum atomic E-state index is -0.414. The first-order chi connectivity index (χ1) is 9.56. The molecule has 2 aromatic carbocycles. The van der Waals surface area contributed by atoms with Crippen LogP contribution in [0.3, 0.4) is 0 Å². The Hall–Kier alpha value is -2.49. The van der Waals surface area contributed by atoms with Crippen molar-refractivity contribution in [2.45, 2.75) is 6.92 Å². The van der Waals surface area contributed by atoms with Crippen molar-refractivity contribution < 1.29 is 19.4 Å². The molecule has 0 fully saturated rings. The summed E-state index contributed by atoms with van der Waals surface area (Å²) in [5, 5.41) is 11.3. The van der Waals surface area contributed by atoms with E-state index in [1.807, 2.05) is 24.3 Å². The molecule has 20 heavy (non-hydrogen) atoms. The van der Waals surface area contributed by atoms with Gasteiger partial charge in [0.25, 0.3) is 0 Å². The second kappa shape index (κ2) is 6.10. The monoisotopic (exact) mass is 272 g/mol. The number of aromatic hydroxyl groups is 1. The zero-order valence-corrected chi connectivity index (χ0v) is 11.3. The molecule has 0 aliphatic carbocycles. The Bertz CT molecular complexity index is 646. The number of carbonyl (C=O) groups excluding carboxylic acids is 1. The number of hydrogen-bond acceptors (Lipinski definition) is 4. The van der Waals surface area contributed by atoms with Crippen molar-refractivity contribution in [2.24, 2.45) is 0 Å². The number of esters is 1. The van der Waals surface area contributed by atoms with Crippen molar-refractivity contribution in [2.75, 3.05) is 13.2 Å². The van der Waals surface area contributed by atoms with Gasteiger partial charge in [0.2, 0.25) is 0 Å². The number of hydrogen-bond donors (Lipinski definition) is 1. The molecule has 2 rings (SSSR count). The van der Waals surface area contributed by atoms with Crippen LogP contribution in [0, 0.1) is 0 Å². The molecule has 2 aromatic rings. The third-order valence-corrected chi connectivity index (χ3v) is 2.73. The third kappa shape index (κ3) is 3.51. The molecule has 4 nitrogen and oxygen atoms in total. The van der Waals surface area contributed by atoms with Crippen molar-refractivity contribution in [1.82, 2.24) is 0 Å². The molecule has 4 heteroatoms. The quantitative estimate of drug-likeness (QED) is 0.516. The van der Waals surface area contributed by atoms with Crippen LogP contribution in [-0.4, -0.2) is 24.3 Å². The van der Waals surface area contributed by atoms with Gasteiger partial charge in [0.05, 0.1) is 0 Å². The Morgan fingerprint density at radius 3 is 2.60 bits per heavy atom. The number of carbonyl (C=O) groups is 1. The molecule has 0 saturated carbocycles. The van der Waals surface area contributed by atoms with Crippen molar-refractivity contribution in [3.63, 3.8) is 0 Å². The van der Waals surface area contributed by atoms with Crippen LogP contribution in [0.15, 0.2) is 48.6 Å². The fourth-order valence-corrected chi connectivity index (χ4v) is 1.72. The SMILES string of the molecule is C=C(C)C(=O)OCCOc1ccc2cc(O)ccc2c1. The summed E-state index contributed by atoms with van der Waals surface area (Å²) in [6, 6.07) is 10.7. The van der Waals surface area contributed by atoms with Crippen molar-refractivity contribution in [3.8, 4) is 11.5 Å². The van der Waals surface area contributed by atoms with E-state index in [0.29, 0.717) is 11.3 Å². The summed E-state index contributed by atoms with van der Waals surface area (Å²) in [5.41, 5.74) is 0.371. The average Bonchev–Trinajstić information content (AvgIpc) is 2.43. The molecule has 0 atom stereocenters. The lowest BCUT2D eigenvalue weighted by atomic mass is 10.1. The molecule has 0 aromatic heterocycles. The smallest absolute Gasteiger partial charge is 0.333 e. The Kier molecular flexibility index (Phi) is 4.25. The summed E-state index contributed by atoms with van der Waals surface area (Å²) in [6.07, 6.45) is 0. The highest BCUT2D eigenvalue weighted by Crippen LogP contribution is 2.24. The molecule has 0 radical (unpaired) electrons. The second-order valence-electron chi connectivity index (χ2n) is 4.46. The zero-order valence-electron chi connectivity index (χ0n) is 11.3. The normalized spacial score (nSPS) is 10.2. The first-order valence-electron chi connectivity index (χ1n) is 6.24. The maximum Gasteiger partial charge on any atom is 0.333 e. The Morgan fingerprint density at radius 1 is 1.15 bits per heavy atom. The molecule has 1 N–H and O–H groups in total. The molecule has 0 heterocycles. The van der Waals surface area contributed by atoms with E-state index in [1.165, 1.54) is 0 Å². The van der Waals surface area contributed by atoms with Gasteiger partial charge in [0.1, 0.15) is 24.7 Å². The lowest BCUT2D eigenvalue weighted by molar-refractivity contribution is -0.139.